The highest BCUT2D eigenvalue weighted by molar-refractivity contribution is 4.99. The normalized spacial score (nSPS) is 40.2. The first-order valence-electron chi connectivity index (χ1n) is 7.21. The lowest BCUT2D eigenvalue weighted by molar-refractivity contribution is -0.0455. The van der Waals surface area contributed by atoms with Crippen LogP contribution in [0.1, 0.15) is 51.9 Å². The van der Waals surface area contributed by atoms with Gasteiger partial charge in [0, 0.05) is 12.0 Å². The van der Waals surface area contributed by atoms with Crippen LogP contribution in [0.5, 0.6) is 0 Å². The van der Waals surface area contributed by atoms with Crippen LogP contribution in [-0.2, 0) is 0 Å². The van der Waals surface area contributed by atoms with Gasteiger partial charge in [-0.1, -0.05) is 31.9 Å². The zero-order valence-electron chi connectivity index (χ0n) is 11.1. The van der Waals surface area contributed by atoms with Gasteiger partial charge in [-0.15, -0.1) is 0 Å². The van der Waals surface area contributed by atoms with Gasteiger partial charge in [0.25, 0.3) is 0 Å². The number of aliphatic hydroxyl groups excluding tert-OH is 1. The fourth-order valence-corrected chi connectivity index (χ4v) is 3.56. The number of allylic oxidation sites excluding steroid dienone is 2. The van der Waals surface area contributed by atoms with E-state index in [0.29, 0.717) is 12.5 Å². The monoisotopic (exact) mass is 237 g/mol. The summed E-state index contributed by atoms with van der Waals surface area (Å²) in [5.41, 5.74) is 6.03. The summed E-state index contributed by atoms with van der Waals surface area (Å²) in [6.07, 6.45) is 12.3. The topological polar surface area (TPSA) is 46.2 Å². The Balaban J connectivity index is 2.03. The van der Waals surface area contributed by atoms with Crippen molar-refractivity contribution in [2.24, 2.45) is 23.0 Å². The molecule has 17 heavy (non-hydrogen) atoms. The van der Waals surface area contributed by atoms with E-state index in [-0.39, 0.29) is 11.5 Å². The molecule has 0 aromatic carbocycles. The highest BCUT2D eigenvalue weighted by atomic mass is 16.3. The Morgan fingerprint density at radius 1 is 1.29 bits per heavy atom. The zero-order chi connectivity index (χ0) is 12.3. The third-order valence-electron chi connectivity index (χ3n) is 5.06. The molecule has 98 valence electrons. The summed E-state index contributed by atoms with van der Waals surface area (Å²) < 4.78 is 0. The second-order valence-electron chi connectivity index (χ2n) is 6.24. The molecule has 2 aliphatic carbocycles. The summed E-state index contributed by atoms with van der Waals surface area (Å²) in [5.74, 6) is 1.25. The standard InChI is InChI=1S/C15H27NO/c1-12-7-9-15(11-16,10-8-12)14(17)13-5-3-2-4-6-13/h2-3,12-14,17H,4-11,16H2,1H3. The lowest BCUT2D eigenvalue weighted by Gasteiger charge is -2.45. The van der Waals surface area contributed by atoms with Crippen molar-refractivity contribution in [3.63, 3.8) is 0 Å². The molecule has 0 amide bonds. The molecule has 1 fully saturated rings. The lowest BCUT2D eigenvalue weighted by atomic mass is 9.63. The summed E-state index contributed by atoms with van der Waals surface area (Å²) in [4.78, 5) is 0. The van der Waals surface area contributed by atoms with E-state index >= 15 is 0 Å². The van der Waals surface area contributed by atoms with Crippen molar-refractivity contribution in [3.05, 3.63) is 12.2 Å². The molecule has 2 nitrogen and oxygen atoms in total. The number of hydrogen-bond donors (Lipinski definition) is 2. The van der Waals surface area contributed by atoms with Crippen LogP contribution in [0.2, 0.25) is 0 Å². The molecule has 3 N–H and O–H groups in total. The van der Waals surface area contributed by atoms with Gasteiger partial charge in [-0.05, 0) is 43.9 Å². The number of hydrogen-bond acceptors (Lipinski definition) is 2. The first-order valence-corrected chi connectivity index (χ1v) is 7.21. The minimum absolute atomic E-state index is 0.0162. The molecule has 0 aliphatic heterocycles. The minimum atomic E-state index is -0.190. The molecule has 2 heteroatoms. The van der Waals surface area contributed by atoms with Gasteiger partial charge in [-0.25, -0.2) is 0 Å². The molecule has 0 aromatic rings. The SMILES string of the molecule is CC1CCC(CN)(C(O)C2CC=CCC2)CC1. The van der Waals surface area contributed by atoms with Gasteiger partial charge >= 0.3 is 0 Å². The molecule has 0 saturated heterocycles. The van der Waals surface area contributed by atoms with E-state index in [9.17, 15) is 5.11 Å². The van der Waals surface area contributed by atoms with Gasteiger partial charge in [0.1, 0.15) is 0 Å². The maximum absolute atomic E-state index is 10.7. The zero-order valence-corrected chi connectivity index (χ0v) is 11.1. The second kappa shape index (κ2) is 5.53. The molecule has 0 radical (unpaired) electrons. The first-order chi connectivity index (χ1) is 8.18. The third kappa shape index (κ3) is 2.74. The maximum Gasteiger partial charge on any atom is 0.0639 e. The van der Waals surface area contributed by atoms with E-state index in [2.05, 4.69) is 19.1 Å². The van der Waals surface area contributed by atoms with E-state index in [1.54, 1.807) is 0 Å². The van der Waals surface area contributed by atoms with Crippen molar-refractivity contribution in [2.75, 3.05) is 6.54 Å². The molecule has 1 saturated carbocycles. The predicted octanol–water partition coefficient (Wildman–Crippen LogP) is 2.86. The fourth-order valence-electron chi connectivity index (χ4n) is 3.56. The van der Waals surface area contributed by atoms with Crippen LogP contribution in [0, 0.1) is 17.3 Å². The van der Waals surface area contributed by atoms with E-state index in [4.69, 9.17) is 5.73 Å². The van der Waals surface area contributed by atoms with Crippen molar-refractivity contribution in [1.82, 2.24) is 0 Å². The fraction of sp³-hybridized carbons (Fsp3) is 0.867. The van der Waals surface area contributed by atoms with Crippen molar-refractivity contribution in [2.45, 2.75) is 58.0 Å². The van der Waals surface area contributed by atoms with Crippen LogP contribution in [0.25, 0.3) is 0 Å². The van der Waals surface area contributed by atoms with Crippen molar-refractivity contribution in [3.8, 4) is 0 Å². The van der Waals surface area contributed by atoms with Crippen LogP contribution in [0.3, 0.4) is 0 Å². The molecule has 0 aromatic heterocycles. The summed E-state index contributed by atoms with van der Waals surface area (Å²) >= 11 is 0. The van der Waals surface area contributed by atoms with Crippen molar-refractivity contribution in [1.29, 1.82) is 0 Å². The smallest absolute Gasteiger partial charge is 0.0639 e. The molecule has 2 aliphatic rings. The van der Waals surface area contributed by atoms with E-state index in [0.717, 1.165) is 38.0 Å². The molecule has 0 spiro atoms. The van der Waals surface area contributed by atoms with Gasteiger partial charge in [0.2, 0.25) is 0 Å². The van der Waals surface area contributed by atoms with Crippen LogP contribution in [0.15, 0.2) is 12.2 Å². The molecule has 0 heterocycles. The number of rotatable bonds is 3. The van der Waals surface area contributed by atoms with Gasteiger partial charge in [0.05, 0.1) is 6.10 Å². The van der Waals surface area contributed by atoms with Gasteiger partial charge in [-0.2, -0.15) is 0 Å². The summed E-state index contributed by atoms with van der Waals surface area (Å²) in [5, 5.41) is 10.7. The Morgan fingerprint density at radius 3 is 2.53 bits per heavy atom. The number of aliphatic hydroxyl groups is 1. The maximum atomic E-state index is 10.7. The van der Waals surface area contributed by atoms with Gasteiger partial charge in [0.15, 0.2) is 0 Å². The van der Waals surface area contributed by atoms with E-state index in [1.807, 2.05) is 0 Å². The molecular formula is C15H27NO. The third-order valence-corrected chi connectivity index (χ3v) is 5.06. The molecule has 0 bridgehead atoms. The summed E-state index contributed by atoms with van der Waals surface area (Å²) in [6.45, 7) is 2.97. The average molecular weight is 237 g/mol. The largest absolute Gasteiger partial charge is 0.392 e. The Hall–Kier alpha value is -0.340. The van der Waals surface area contributed by atoms with Gasteiger partial charge < -0.3 is 10.8 Å². The van der Waals surface area contributed by atoms with Crippen molar-refractivity contribution < 1.29 is 5.11 Å². The highest BCUT2D eigenvalue weighted by Crippen LogP contribution is 2.44. The van der Waals surface area contributed by atoms with E-state index < -0.39 is 0 Å². The molecular weight excluding hydrogens is 210 g/mol. The van der Waals surface area contributed by atoms with Crippen LogP contribution in [0.4, 0.5) is 0 Å². The first kappa shape index (κ1) is 13.1. The Bertz CT molecular complexity index is 266. The molecule has 2 rings (SSSR count). The Labute approximate surface area is 105 Å². The Morgan fingerprint density at radius 2 is 2.00 bits per heavy atom. The van der Waals surface area contributed by atoms with Crippen LogP contribution < -0.4 is 5.73 Å². The van der Waals surface area contributed by atoms with Gasteiger partial charge in [-0.3, -0.25) is 0 Å². The highest BCUT2D eigenvalue weighted by Gasteiger charge is 2.42. The minimum Gasteiger partial charge on any atom is -0.392 e. The summed E-state index contributed by atoms with van der Waals surface area (Å²) in [6, 6.07) is 0. The number of nitrogens with two attached hydrogens (primary N) is 1. The average Bonchev–Trinajstić information content (AvgIpc) is 2.40. The van der Waals surface area contributed by atoms with Crippen LogP contribution in [-0.4, -0.2) is 17.8 Å². The Kier molecular flexibility index (Phi) is 4.26. The summed E-state index contributed by atoms with van der Waals surface area (Å²) in [7, 11) is 0. The van der Waals surface area contributed by atoms with Crippen LogP contribution >= 0.6 is 0 Å². The van der Waals surface area contributed by atoms with Crippen molar-refractivity contribution >= 4 is 0 Å². The second-order valence-corrected chi connectivity index (χ2v) is 6.24. The quantitative estimate of drug-likeness (QED) is 0.741. The predicted molar refractivity (Wildman–Crippen MR) is 71.6 cm³/mol. The lowest BCUT2D eigenvalue weighted by Crippen LogP contribution is -2.48. The molecule has 2 unspecified atom stereocenters. The van der Waals surface area contributed by atoms with E-state index in [1.165, 1.54) is 12.8 Å². The molecule has 2 atom stereocenters.